The summed E-state index contributed by atoms with van der Waals surface area (Å²) < 4.78 is 41.2. The van der Waals surface area contributed by atoms with Gasteiger partial charge in [-0.05, 0) is 97.3 Å². The van der Waals surface area contributed by atoms with E-state index in [0.29, 0.717) is 19.0 Å². The molecule has 2 aliphatic rings. The number of hydrogen-bond acceptors (Lipinski definition) is 5. The number of benzene rings is 2. The van der Waals surface area contributed by atoms with E-state index >= 15 is 0 Å². The van der Waals surface area contributed by atoms with Crippen LogP contribution in [0.5, 0.6) is 5.75 Å². The van der Waals surface area contributed by atoms with Crippen LogP contribution in [0.15, 0.2) is 60.9 Å². The standard InChI is InChI=1S/C29H32F3N3O2/c1-20-14-24(15-21-8-12-34(13-9-21)17-23-6-10-33-11-7-23)16-25-19-35(28(36)27(20)25)18-22-2-4-26(5-3-22)37-29(30,31)32/h2-7,10-11,14,16,21,28,36H,8-9,12-13,15,17-19H2,1H3. The fourth-order valence-corrected chi connectivity index (χ4v) is 5.66. The number of halogens is 3. The zero-order chi connectivity index (χ0) is 26.0. The molecule has 3 heterocycles. The molecule has 1 N–H and O–H groups in total. The van der Waals surface area contributed by atoms with E-state index in [1.165, 1.54) is 36.1 Å². The van der Waals surface area contributed by atoms with Crippen LogP contribution in [-0.4, -0.2) is 39.3 Å². The van der Waals surface area contributed by atoms with Crippen LogP contribution in [-0.2, 0) is 26.1 Å². The summed E-state index contributed by atoms with van der Waals surface area (Å²) in [7, 11) is 0. The summed E-state index contributed by atoms with van der Waals surface area (Å²) in [5.41, 5.74) is 6.61. The number of ether oxygens (including phenoxy) is 1. The van der Waals surface area contributed by atoms with Crippen molar-refractivity contribution in [1.29, 1.82) is 0 Å². The molecule has 0 aliphatic carbocycles. The number of likely N-dealkylation sites (tertiary alicyclic amines) is 1. The summed E-state index contributed by atoms with van der Waals surface area (Å²) in [4.78, 5) is 8.55. The van der Waals surface area contributed by atoms with Gasteiger partial charge in [0.05, 0.1) is 0 Å². The van der Waals surface area contributed by atoms with E-state index in [1.807, 2.05) is 17.3 Å². The van der Waals surface area contributed by atoms with Crippen molar-refractivity contribution in [3.05, 3.63) is 94.3 Å². The average molecular weight is 512 g/mol. The van der Waals surface area contributed by atoms with E-state index in [1.54, 1.807) is 12.1 Å². The third-order valence-electron chi connectivity index (χ3n) is 7.44. The van der Waals surface area contributed by atoms with E-state index < -0.39 is 12.6 Å². The molecule has 1 saturated heterocycles. The molecule has 1 atom stereocenters. The Balaban J connectivity index is 1.17. The lowest BCUT2D eigenvalue weighted by Crippen LogP contribution is -2.33. The van der Waals surface area contributed by atoms with Crippen LogP contribution in [0, 0.1) is 12.8 Å². The number of aliphatic hydroxyl groups is 1. The molecule has 0 spiro atoms. The topological polar surface area (TPSA) is 48.8 Å². The zero-order valence-electron chi connectivity index (χ0n) is 20.9. The Hall–Kier alpha value is -2.94. The Labute approximate surface area is 215 Å². The summed E-state index contributed by atoms with van der Waals surface area (Å²) in [6.45, 7) is 6.25. The number of alkyl halides is 3. The van der Waals surface area contributed by atoms with Crippen molar-refractivity contribution in [2.45, 2.75) is 58.4 Å². The summed E-state index contributed by atoms with van der Waals surface area (Å²) in [6, 6.07) is 14.4. The van der Waals surface area contributed by atoms with Gasteiger partial charge in [-0.15, -0.1) is 13.2 Å². The molecular weight excluding hydrogens is 479 g/mol. The fourth-order valence-electron chi connectivity index (χ4n) is 5.66. The molecule has 3 aromatic rings. The minimum Gasteiger partial charge on any atom is -0.406 e. The molecule has 1 fully saturated rings. The molecule has 2 aliphatic heterocycles. The molecule has 37 heavy (non-hydrogen) atoms. The largest absolute Gasteiger partial charge is 0.573 e. The SMILES string of the molecule is Cc1cc(CC2CCN(Cc3ccncc3)CC2)cc2c1C(O)N(Cc1ccc(OC(F)(F)F)cc1)C2. The van der Waals surface area contributed by atoms with Gasteiger partial charge >= 0.3 is 6.36 Å². The predicted molar refractivity (Wildman–Crippen MR) is 134 cm³/mol. The molecule has 5 rings (SSSR count). The zero-order valence-corrected chi connectivity index (χ0v) is 20.9. The number of rotatable bonds is 7. The first-order chi connectivity index (χ1) is 17.7. The summed E-state index contributed by atoms with van der Waals surface area (Å²) in [5.74, 6) is 0.399. The molecule has 196 valence electrons. The van der Waals surface area contributed by atoms with Gasteiger partial charge < -0.3 is 9.84 Å². The number of aromatic nitrogens is 1. The van der Waals surface area contributed by atoms with Gasteiger partial charge in [0.25, 0.3) is 0 Å². The second-order valence-corrected chi connectivity index (χ2v) is 10.2. The molecule has 5 nitrogen and oxygen atoms in total. The molecule has 0 saturated carbocycles. The van der Waals surface area contributed by atoms with Crippen LogP contribution in [0.25, 0.3) is 0 Å². The summed E-state index contributed by atoms with van der Waals surface area (Å²) >= 11 is 0. The van der Waals surface area contributed by atoms with Crippen molar-refractivity contribution >= 4 is 0 Å². The van der Waals surface area contributed by atoms with Crippen molar-refractivity contribution in [3.8, 4) is 5.75 Å². The van der Waals surface area contributed by atoms with Gasteiger partial charge in [0, 0.05) is 37.6 Å². The molecule has 0 bridgehead atoms. The van der Waals surface area contributed by atoms with E-state index in [-0.39, 0.29) is 5.75 Å². The van der Waals surface area contributed by atoms with E-state index in [9.17, 15) is 18.3 Å². The number of nitrogens with zero attached hydrogens (tertiary/aromatic N) is 3. The highest BCUT2D eigenvalue weighted by Crippen LogP contribution is 2.37. The van der Waals surface area contributed by atoms with Crippen LogP contribution in [0.1, 0.15) is 52.5 Å². The van der Waals surface area contributed by atoms with Gasteiger partial charge in [-0.25, -0.2) is 0 Å². The lowest BCUT2D eigenvalue weighted by atomic mass is 9.88. The highest BCUT2D eigenvalue weighted by Gasteiger charge is 2.32. The van der Waals surface area contributed by atoms with Crippen molar-refractivity contribution in [2.24, 2.45) is 5.92 Å². The molecule has 0 radical (unpaired) electrons. The van der Waals surface area contributed by atoms with Gasteiger partial charge in [0.2, 0.25) is 0 Å². The predicted octanol–water partition coefficient (Wildman–Crippen LogP) is 5.75. The van der Waals surface area contributed by atoms with Crippen LogP contribution < -0.4 is 4.74 Å². The second-order valence-electron chi connectivity index (χ2n) is 10.2. The van der Waals surface area contributed by atoms with Crippen molar-refractivity contribution in [1.82, 2.24) is 14.8 Å². The highest BCUT2D eigenvalue weighted by atomic mass is 19.4. The lowest BCUT2D eigenvalue weighted by molar-refractivity contribution is -0.274. The summed E-state index contributed by atoms with van der Waals surface area (Å²) in [5, 5.41) is 11.0. The van der Waals surface area contributed by atoms with Gasteiger partial charge in [0.1, 0.15) is 12.0 Å². The van der Waals surface area contributed by atoms with Crippen LogP contribution in [0.2, 0.25) is 0 Å². The Morgan fingerprint density at radius 2 is 1.62 bits per heavy atom. The van der Waals surface area contributed by atoms with Crippen molar-refractivity contribution in [3.63, 3.8) is 0 Å². The molecule has 1 unspecified atom stereocenters. The van der Waals surface area contributed by atoms with E-state index in [2.05, 4.69) is 45.8 Å². The molecule has 2 aromatic carbocycles. The van der Waals surface area contributed by atoms with E-state index in [0.717, 1.165) is 48.3 Å². The average Bonchev–Trinajstić information content (AvgIpc) is 3.16. The molecular formula is C29H32F3N3O2. The Bertz CT molecular complexity index is 1190. The number of aliphatic hydroxyl groups excluding tert-OH is 1. The van der Waals surface area contributed by atoms with Crippen LogP contribution >= 0.6 is 0 Å². The first kappa shape index (κ1) is 25.7. The summed E-state index contributed by atoms with van der Waals surface area (Å²) in [6.07, 6.45) is 1.63. The monoisotopic (exact) mass is 511 g/mol. The maximum absolute atomic E-state index is 12.4. The van der Waals surface area contributed by atoms with Gasteiger partial charge in [0.15, 0.2) is 0 Å². The number of hydrogen-bond donors (Lipinski definition) is 1. The third-order valence-corrected chi connectivity index (χ3v) is 7.44. The van der Waals surface area contributed by atoms with Crippen molar-refractivity contribution in [2.75, 3.05) is 13.1 Å². The molecule has 0 amide bonds. The van der Waals surface area contributed by atoms with Gasteiger partial charge in [-0.1, -0.05) is 24.3 Å². The number of pyridine rings is 1. The Kier molecular flexibility index (Phi) is 7.51. The normalized spacial score (nSPS) is 19.2. The van der Waals surface area contributed by atoms with E-state index in [4.69, 9.17) is 0 Å². The van der Waals surface area contributed by atoms with Crippen LogP contribution in [0.3, 0.4) is 0 Å². The first-order valence-electron chi connectivity index (χ1n) is 12.7. The maximum Gasteiger partial charge on any atom is 0.573 e. The molecule has 8 heteroatoms. The third kappa shape index (κ3) is 6.50. The smallest absolute Gasteiger partial charge is 0.406 e. The second kappa shape index (κ2) is 10.8. The Morgan fingerprint density at radius 3 is 2.30 bits per heavy atom. The van der Waals surface area contributed by atoms with Crippen molar-refractivity contribution < 1.29 is 23.0 Å². The van der Waals surface area contributed by atoms with Gasteiger partial charge in [-0.3, -0.25) is 14.8 Å². The quantitative estimate of drug-likeness (QED) is 0.438. The first-order valence-corrected chi connectivity index (χ1v) is 12.7. The minimum atomic E-state index is -4.71. The minimum absolute atomic E-state index is 0.245. The molecule has 1 aromatic heterocycles. The number of aryl methyl sites for hydroxylation is 1. The number of fused-ring (bicyclic) bond motifs is 1. The fraction of sp³-hybridized carbons (Fsp3) is 0.414. The lowest BCUT2D eigenvalue weighted by Gasteiger charge is -2.32. The highest BCUT2D eigenvalue weighted by molar-refractivity contribution is 5.43. The Morgan fingerprint density at radius 1 is 0.946 bits per heavy atom. The number of piperidine rings is 1. The maximum atomic E-state index is 12.4. The van der Waals surface area contributed by atoms with Gasteiger partial charge in [-0.2, -0.15) is 0 Å². The van der Waals surface area contributed by atoms with Crippen LogP contribution in [0.4, 0.5) is 13.2 Å².